The molecule has 1 aliphatic heterocycles. The van der Waals surface area contributed by atoms with Crippen LogP contribution in [0, 0.1) is 6.92 Å². The molecule has 44 heavy (non-hydrogen) atoms. The molecule has 4 heterocycles. The first-order valence-corrected chi connectivity index (χ1v) is 14.3. The summed E-state index contributed by atoms with van der Waals surface area (Å²) in [5, 5.41) is 6.16. The number of hydrogen-bond acceptors (Lipinski definition) is 7. The van der Waals surface area contributed by atoms with E-state index < -0.39 is 0 Å². The summed E-state index contributed by atoms with van der Waals surface area (Å²) in [6, 6.07) is 20.7. The Kier molecular flexibility index (Phi) is 8.02. The van der Waals surface area contributed by atoms with Crippen LogP contribution >= 0.6 is 0 Å². The molecule has 0 saturated carbocycles. The van der Waals surface area contributed by atoms with E-state index >= 15 is 0 Å². The maximum Gasteiger partial charge on any atom is 0.330 e. The third-order valence-corrected chi connectivity index (χ3v) is 7.03. The Morgan fingerprint density at radius 1 is 1.00 bits per heavy atom. The number of carbonyl (C=O) groups is 2. The minimum atomic E-state index is -0.251. The number of rotatable bonds is 9. The minimum Gasteiger partial charge on any atom is -0.323 e. The van der Waals surface area contributed by atoms with Crippen LogP contribution in [-0.2, 0) is 17.9 Å². The molecule has 0 atom stereocenters. The second-order valence-corrected chi connectivity index (χ2v) is 10.9. The third kappa shape index (κ3) is 6.42. The van der Waals surface area contributed by atoms with Crippen molar-refractivity contribution in [2.45, 2.75) is 20.0 Å². The van der Waals surface area contributed by atoms with Gasteiger partial charge in [0.25, 0.3) is 0 Å². The number of benzene rings is 2. The average molecular weight is 588 g/mol. The van der Waals surface area contributed by atoms with Crippen molar-refractivity contribution in [3.8, 4) is 0 Å². The molecular weight excluding hydrogens is 554 g/mol. The van der Waals surface area contributed by atoms with Crippen LogP contribution in [0.4, 0.5) is 33.6 Å². The van der Waals surface area contributed by atoms with Crippen molar-refractivity contribution in [1.82, 2.24) is 29.2 Å². The molecule has 3 amide bonds. The predicted molar refractivity (Wildman–Crippen MR) is 171 cm³/mol. The topological polar surface area (TPSA) is 111 Å². The summed E-state index contributed by atoms with van der Waals surface area (Å²) < 4.78 is 1.93. The maximum atomic E-state index is 14.1. The Bertz CT molecular complexity index is 1850. The van der Waals surface area contributed by atoms with Gasteiger partial charge in [-0.15, -0.1) is 0 Å². The number of imidazole rings is 1. The Labute approximate surface area is 255 Å². The average Bonchev–Trinajstić information content (AvgIpc) is 3.37. The molecule has 3 aromatic heterocycles. The predicted octanol–water partition coefficient (Wildman–Crippen LogP) is 5.51. The van der Waals surface area contributed by atoms with Gasteiger partial charge in [0.2, 0.25) is 11.9 Å². The second-order valence-electron chi connectivity index (χ2n) is 10.9. The Morgan fingerprint density at radius 2 is 1.84 bits per heavy atom. The first-order valence-electron chi connectivity index (χ1n) is 14.3. The molecule has 0 unspecified atom stereocenters. The summed E-state index contributed by atoms with van der Waals surface area (Å²) in [4.78, 5) is 45.9. The van der Waals surface area contributed by atoms with E-state index in [4.69, 9.17) is 4.98 Å². The highest BCUT2D eigenvalue weighted by molar-refractivity contribution is 6.03. The molecule has 0 bridgehead atoms. The minimum absolute atomic E-state index is 0.226. The van der Waals surface area contributed by atoms with Gasteiger partial charge in [-0.05, 0) is 56.9 Å². The van der Waals surface area contributed by atoms with Crippen molar-refractivity contribution in [3.63, 3.8) is 0 Å². The number of anilines is 5. The van der Waals surface area contributed by atoms with Gasteiger partial charge in [-0.3, -0.25) is 4.79 Å². The number of carbonyl (C=O) groups excluding carboxylic acids is 2. The lowest BCUT2D eigenvalue weighted by Crippen LogP contribution is -2.45. The SMILES string of the molecule is Cc1cn2cc(Nc3ncc4c(n3)N(c3cccc(NC(=O)/C=C/CN(C)C)c3)C(=O)N(Cc3ccccc3)C4)ccc2n1. The van der Waals surface area contributed by atoms with E-state index in [-0.39, 0.29) is 11.9 Å². The van der Waals surface area contributed by atoms with Crippen LogP contribution in [0.1, 0.15) is 16.8 Å². The van der Waals surface area contributed by atoms with Crippen molar-refractivity contribution in [3.05, 3.63) is 114 Å². The lowest BCUT2D eigenvalue weighted by atomic mass is 10.1. The van der Waals surface area contributed by atoms with Gasteiger partial charge in [0.15, 0.2) is 5.82 Å². The Balaban J connectivity index is 1.33. The Morgan fingerprint density at radius 3 is 2.66 bits per heavy atom. The first kappa shape index (κ1) is 28.6. The van der Waals surface area contributed by atoms with Gasteiger partial charge in [0, 0.05) is 49.0 Å². The first-order chi connectivity index (χ1) is 21.3. The fourth-order valence-corrected chi connectivity index (χ4v) is 5.03. The van der Waals surface area contributed by atoms with Crippen LogP contribution in [0.3, 0.4) is 0 Å². The van der Waals surface area contributed by atoms with Crippen molar-refractivity contribution < 1.29 is 9.59 Å². The zero-order valence-electron chi connectivity index (χ0n) is 24.8. The molecule has 222 valence electrons. The molecule has 2 N–H and O–H groups in total. The number of hydrogen-bond donors (Lipinski definition) is 2. The van der Waals surface area contributed by atoms with Crippen LogP contribution in [0.15, 0.2) is 97.5 Å². The number of nitrogens with zero attached hydrogens (tertiary/aromatic N) is 7. The Hall–Kier alpha value is -5.55. The van der Waals surface area contributed by atoms with E-state index in [1.54, 1.807) is 40.3 Å². The van der Waals surface area contributed by atoms with Crippen molar-refractivity contribution in [1.29, 1.82) is 0 Å². The van der Waals surface area contributed by atoms with Gasteiger partial charge < -0.3 is 24.8 Å². The van der Waals surface area contributed by atoms with E-state index in [0.29, 0.717) is 42.8 Å². The van der Waals surface area contributed by atoms with Gasteiger partial charge in [0.1, 0.15) is 5.65 Å². The molecule has 1 aliphatic rings. The zero-order chi connectivity index (χ0) is 30.6. The molecule has 11 heteroatoms. The van der Waals surface area contributed by atoms with E-state index in [1.807, 2.05) is 91.2 Å². The summed E-state index contributed by atoms with van der Waals surface area (Å²) in [5.41, 5.74) is 5.49. The van der Waals surface area contributed by atoms with Crippen LogP contribution < -0.4 is 15.5 Å². The van der Waals surface area contributed by atoms with Crippen LogP contribution in [0.5, 0.6) is 0 Å². The van der Waals surface area contributed by atoms with Crippen molar-refractivity contribution >= 4 is 46.4 Å². The zero-order valence-corrected chi connectivity index (χ0v) is 24.8. The molecule has 2 aromatic carbocycles. The largest absolute Gasteiger partial charge is 0.330 e. The number of pyridine rings is 1. The lowest BCUT2D eigenvalue weighted by molar-refractivity contribution is -0.111. The second kappa shape index (κ2) is 12.4. The van der Waals surface area contributed by atoms with Gasteiger partial charge >= 0.3 is 6.03 Å². The quantitative estimate of drug-likeness (QED) is 0.219. The number of nitrogens with one attached hydrogen (secondary N) is 2. The van der Waals surface area contributed by atoms with Gasteiger partial charge in [-0.25, -0.2) is 19.7 Å². The summed E-state index contributed by atoms with van der Waals surface area (Å²) in [7, 11) is 3.87. The van der Waals surface area contributed by atoms with Gasteiger partial charge in [0.05, 0.1) is 23.6 Å². The monoisotopic (exact) mass is 587 g/mol. The standard InChI is InChI=1S/C33H33N9O2/c1-23-19-40-22-27(14-15-29(40)35-23)37-32-34-18-25-21-41(20-24-9-5-4-6-10-24)33(44)42(31(25)38-32)28-12-7-11-26(17-28)36-30(43)13-8-16-39(2)3/h4-15,17-19,22H,16,20-21H2,1-3H3,(H,36,43)(H,34,37,38)/b13-8+. The molecule has 0 spiro atoms. The highest BCUT2D eigenvalue weighted by Gasteiger charge is 2.33. The van der Waals surface area contributed by atoms with E-state index in [0.717, 1.165) is 28.2 Å². The maximum absolute atomic E-state index is 14.1. The summed E-state index contributed by atoms with van der Waals surface area (Å²) >= 11 is 0. The lowest BCUT2D eigenvalue weighted by Gasteiger charge is -2.36. The molecule has 0 aliphatic carbocycles. The van der Waals surface area contributed by atoms with Crippen LogP contribution in [-0.4, -0.2) is 61.7 Å². The molecule has 0 saturated heterocycles. The van der Waals surface area contributed by atoms with E-state index in [9.17, 15) is 9.59 Å². The summed E-state index contributed by atoms with van der Waals surface area (Å²) in [6.45, 7) is 3.37. The van der Waals surface area contributed by atoms with Gasteiger partial charge in [-0.1, -0.05) is 42.5 Å². The van der Waals surface area contributed by atoms with E-state index in [2.05, 4.69) is 20.6 Å². The fourth-order valence-electron chi connectivity index (χ4n) is 5.03. The summed E-state index contributed by atoms with van der Waals surface area (Å²) in [5.74, 6) is 0.578. The molecule has 0 fully saturated rings. The molecule has 5 aromatic rings. The molecule has 11 nitrogen and oxygen atoms in total. The van der Waals surface area contributed by atoms with Crippen LogP contribution in [0.2, 0.25) is 0 Å². The van der Waals surface area contributed by atoms with Crippen LogP contribution in [0.25, 0.3) is 5.65 Å². The number of aromatic nitrogens is 4. The van der Waals surface area contributed by atoms with Crippen molar-refractivity contribution in [2.24, 2.45) is 0 Å². The number of aryl methyl sites for hydroxylation is 1. The highest BCUT2D eigenvalue weighted by atomic mass is 16.2. The fraction of sp³-hybridized carbons (Fsp3) is 0.182. The number of likely N-dealkylation sites (N-methyl/N-ethyl adjacent to an activating group) is 1. The summed E-state index contributed by atoms with van der Waals surface area (Å²) in [6.07, 6.45) is 8.91. The van der Waals surface area contributed by atoms with Crippen molar-refractivity contribution in [2.75, 3.05) is 36.2 Å². The third-order valence-electron chi connectivity index (χ3n) is 7.03. The molecule has 0 radical (unpaired) electrons. The number of fused-ring (bicyclic) bond motifs is 2. The highest BCUT2D eigenvalue weighted by Crippen LogP contribution is 2.36. The van der Waals surface area contributed by atoms with E-state index in [1.165, 1.54) is 6.08 Å². The smallest absolute Gasteiger partial charge is 0.323 e. The number of amides is 3. The molecule has 6 rings (SSSR count). The van der Waals surface area contributed by atoms with Gasteiger partial charge in [-0.2, -0.15) is 4.98 Å². The molecular formula is C33H33N9O2. The number of urea groups is 1. The normalized spacial score (nSPS) is 13.1.